The minimum absolute atomic E-state index is 0.0322. The number of hydrogen-bond donors (Lipinski definition) is 4. The van der Waals surface area contributed by atoms with E-state index < -0.39 is 11.4 Å². The molecule has 0 aliphatic carbocycles. The minimum atomic E-state index is -1.96. The number of piperidine rings is 1. The highest BCUT2D eigenvalue weighted by Crippen LogP contribution is 2.40. The Kier molecular flexibility index (Phi) is 6.81. The Morgan fingerprint density at radius 2 is 1.92 bits per heavy atom. The Hall–Kier alpha value is -3.23. The Bertz CT molecular complexity index is 1300. The summed E-state index contributed by atoms with van der Waals surface area (Å²) in [6, 6.07) is 16.0. The molecule has 3 heterocycles. The van der Waals surface area contributed by atoms with Gasteiger partial charge in [-0.05, 0) is 67.3 Å². The van der Waals surface area contributed by atoms with Crippen molar-refractivity contribution in [2.24, 2.45) is 5.92 Å². The van der Waals surface area contributed by atoms with Crippen LogP contribution in [0.15, 0.2) is 66.9 Å². The summed E-state index contributed by atoms with van der Waals surface area (Å²) in [6.07, 6.45) is 5.32. The topological polar surface area (TPSA) is 106 Å². The van der Waals surface area contributed by atoms with E-state index in [1.165, 1.54) is 6.92 Å². The standard InChI is InChI=1S/C30H34N2O5/c1-20-18-32(16-13-30(20,36)21-7-10-23(33)11-8-21)15-4-6-24-25-5-3-14-31-27(25)19-37-28-12-9-22(17-26(24)28)29(2,34)35/h3,5-12,14,17,20,33-36H,4,13,15-16,18-19H2,1-2H3. The van der Waals surface area contributed by atoms with Gasteiger partial charge in [0.25, 0.3) is 0 Å². The SMILES string of the molecule is CC1CN(CCC=C2c3cc(C(C)(O)O)ccc3OCc3ncccc32)CCC1(O)c1ccc(O)cc1. The lowest BCUT2D eigenvalue weighted by Gasteiger charge is -2.43. The molecule has 1 saturated heterocycles. The number of aliphatic hydroxyl groups is 3. The number of rotatable bonds is 5. The number of ether oxygens (including phenoxy) is 1. The van der Waals surface area contributed by atoms with Gasteiger partial charge >= 0.3 is 0 Å². The number of phenols is 1. The van der Waals surface area contributed by atoms with Crippen LogP contribution in [0.25, 0.3) is 5.57 Å². The lowest BCUT2D eigenvalue weighted by Crippen LogP contribution is -2.49. The third-order valence-electron chi connectivity index (χ3n) is 7.68. The van der Waals surface area contributed by atoms with Crippen molar-refractivity contribution >= 4 is 5.57 Å². The lowest BCUT2D eigenvalue weighted by molar-refractivity contribution is -0.152. The fourth-order valence-electron chi connectivity index (χ4n) is 5.45. The van der Waals surface area contributed by atoms with Crippen molar-refractivity contribution in [1.29, 1.82) is 0 Å². The molecule has 0 saturated carbocycles. The van der Waals surface area contributed by atoms with Crippen LogP contribution in [0.1, 0.15) is 54.6 Å². The van der Waals surface area contributed by atoms with Crippen molar-refractivity contribution in [3.05, 3.63) is 94.8 Å². The summed E-state index contributed by atoms with van der Waals surface area (Å²) in [5.41, 5.74) is 3.92. The van der Waals surface area contributed by atoms with Crippen molar-refractivity contribution in [3.63, 3.8) is 0 Å². The summed E-state index contributed by atoms with van der Waals surface area (Å²) in [5.74, 6) is -1.04. The first-order valence-electron chi connectivity index (χ1n) is 12.8. The highest BCUT2D eigenvalue weighted by molar-refractivity contribution is 5.84. The van der Waals surface area contributed by atoms with Crippen LogP contribution in [0, 0.1) is 5.92 Å². The van der Waals surface area contributed by atoms with E-state index in [-0.39, 0.29) is 11.7 Å². The summed E-state index contributed by atoms with van der Waals surface area (Å²) in [6.45, 7) is 6.11. The first-order valence-corrected chi connectivity index (χ1v) is 12.8. The Morgan fingerprint density at radius 1 is 1.14 bits per heavy atom. The highest BCUT2D eigenvalue weighted by atomic mass is 16.5. The molecule has 5 rings (SSSR count). The number of benzene rings is 2. The molecule has 0 amide bonds. The van der Waals surface area contributed by atoms with E-state index in [4.69, 9.17) is 4.74 Å². The van der Waals surface area contributed by atoms with Crippen LogP contribution >= 0.6 is 0 Å². The highest BCUT2D eigenvalue weighted by Gasteiger charge is 2.40. The van der Waals surface area contributed by atoms with E-state index >= 15 is 0 Å². The van der Waals surface area contributed by atoms with E-state index in [1.54, 1.807) is 48.7 Å². The molecular weight excluding hydrogens is 468 g/mol. The van der Waals surface area contributed by atoms with Crippen molar-refractivity contribution in [2.75, 3.05) is 19.6 Å². The second kappa shape index (κ2) is 9.91. The average molecular weight is 503 g/mol. The molecule has 2 aliphatic rings. The molecule has 0 radical (unpaired) electrons. The summed E-state index contributed by atoms with van der Waals surface area (Å²) >= 11 is 0. The molecule has 2 aliphatic heterocycles. The van der Waals surface area contributed by atoms with Crippen molar-refractivity contribution < 1.29 is 25.2 Å². The van der Waals surface area contributed by atoms with Gasteiger partial charge < -0.3 is 30.1 Å². The smallest absolute Gasteiger partial charge is 0.186 e. The van der Waals surface area contributed by atoms with Gasteiger partial charge in [-0.1, -0.05) is 31.2 Å². The van der Waals surface area contributed by atoms with Crippen LogP contribution < -0.4 is 4.74 Å². The third-order valence-corrected chi connectivity index (χ3v) is 7.68. The van der Waals surface area contributed by atoms with Gasteiger partial charge in [-0.25, -0.2) is 0 Å². The molecule has 1 aromatic heterocycles. The van der Waals surface area contributed by atoms with Gasteiger partial charge in [0.1, 0.15) is 18.1 Å². The Balaban J connectivity index is 1.37. The quantitative estimate of drug-likeness (QED) is 0.392. The second-order valence-corrected chi connectivity index (χ2v) is 10.3. The van der Waals surface area contributed by atoms with Crippen molar-refractivity contribution in [2.45, 2.75) is 44.7 Å². The van der Waals surface area contributed by atoms with Crippen LogP contribution in [-0.2, 0) is 18.0 Å². The van der Waals surface area contributed by atoms with E-state index in [0.29, 0.717) is 24.3 Å². The molecule has 194 valence electrons. The average Bonchev–Trinajstić information content (AvgIpc) is 3.03. The largest absolute Gasteiger partial charge is 0.508 e. The van der Waals surface area contributed by atoms with Gasteiger partial charge in [0, 0.05) is 48.4 Å². The number of nitrogens with zero attached hydrogens (tertiary/aromatic N) is 2. The number of pyridine rings is 1. The maximum atomic E-state index is 11.4. The predicted molar refractivity (Wildman–Crippen MR) is 141 cm³/mol. The first-order chi connectivity index (χ1) is 17.6. The lowest BCUT2D eigenvalue weighted by atomic mass is 9.77. The molecule has 7 heteroatoms. The molecule has 2 unspecified atom stereocenters. The molecule has 2 atom stereocenters. The molecule has 1 fully saturated rings. The summed E-state index contributed by atoms with van der Waals surface area (Å²) in [7, 11) is 0. The zero-order valence-electron chi connectivity index (χ0n) is 21.3. The van der Waals surface area contributed by atoms with Crippen LogP contribution in [0.5, 0.6) is 11.5 Å². The van der Waals surface area contributed by atoms with Gasteiger partial charge in [0.2, 0.25) is 0 Å². The summed E-state index contributed by atoms with van der Waals surface area (Å²) < 4.78 is 6.04. The molecule has 0 spiro atoms. The van der Waals surface area contributed by atoms with Crippen LogP contribution in [0.2, 0.25) is 0 Å². The molecule has 7 nitrogen and oxygen atoms in total. The zero-order chi connectivity index (χ0) is 26.2. The van der Waals surface area contributed by atoms with E-state index in [2.05, 4.69) is 22.9 Å². The first kappa shape index (κ1) is 25.4. The van der Waals surface area contributed by atoms with E-state index in [9.17, 15) is 20.4 Å². The van der Waals surface area contributed by atoms with Gasteiger partial charge in [0.05, 0.1) is 11.3 Å². The molecule has 4 N–H and O–H groups in total. The second-order valence-electron chi connectivity index (χ2n) is 10.3. The maximum absolute atomic E-state index is 11.4. The molecule has 2 aromatic carbocycles. The number of hydrogen-bond acceptors (Lipinski definition) is 7. The fourth-order valence-corrected chi connectivity index (χ4v) is 5.45. The summed E-state index contributed by atoms with van der Waals surface area (Å²) in [5, 5.41) is 41.4. The molecule has 37 heavy (non-hydrogen) atoms. The van der Waals surface area contributed by atoms with Gasteiger partial charge in [0.15, 0.2) is 5.79 Å². The van der Waals surface area contributed by atoms with Crippen molar-refractivity contribution in [3.8, 4) is 11.5 Å². The summed E-state index contributed by atoms with van der Waals surface area (Å²) in [4.78, 5) is 6.89. The van der Waals surface area contributed by atoms with Crippen LogP contribution in [0.4, 0.5) is 0 Å². The Morgan fingerprint density at radius 3 is 2.65 bits per heavy atom. The molecular formula is C30H34N2O5. The number of aromatic nitrogens is 1. The third kappa shape index (κ3) is 5.13. The molecule has 0 bridgehead atoms. The van der Waals surface area contributed by atoms with Gasteiger partial charge in [-0.15, -0.1) is 0 Å². The van der Waals surface area contributed by atoms with E-state index in [0.717, 1.165) is 54.0 Å². The maximum Gasteiger partial charge on any atom is 0.186 e. The fraction of sp³-hybridized carbons (Fsp3) is 0.367. The van der Waals surface area contributed by atoms with E-state index in [1.807, 2.05) is 12.1 Å². The molecule has 3 aromatic rings. The number of fused-ring (bicyclic) bond motifs is 2. The zero-order valence-corrected chi connectivity index (χ0v) is 21.3. The minimum Gasteiger partial charge on any atom is -0.508 e. The van der Waals surface area contributed by atoms with Crippen molar-refractivity contribution in [1.82, 2.24) is 9.88 Å². The number of phenolic OH excluding ortho intramolecular Hbond substituents is 1. The monoisotopic (exact) mass is 502 g/mol. The normalized spacial score (nSPS) is 23.2. The van der Waals surface area contributed by atoms with Gasteiger partial charge in [-0.3, -0.25) is 4.98 Å². The van der Waals surface area contributed by atoms with Crippen LogP contribution in [-0.4, -0.2) is 49.9 Å². The number of aromatic hydroxyl groups is 1. The van der Waals surface area contributed by atoms with Gasteiger partial charge in [-0.2, -0.15) is 0 Å². The number of likely N-dealkylation sites (tertiary alicyclic amines) is 1. The van der Waals surface area contributed by atoms with Crippen LogP contribution in [0.3, 0.4) is 0 Å². The predicted octanol–water partition coefficient (Wildman–Crippen LogP) is 3.89. The Labute approximate surface area is 217 Å².